The molecule has 0 spiro atoms. The highest BCUT2D eigenvalue weighted by Gasteiger charge is 2.58. The van der Waals surface area contributed by atoms with Gasteiger partial charge in [0, 0.05) is 10.0 Å². The lowest BCUT2D eigenvalue weighted by atomic mass is 9.92. The predicted octanol–water partition coefficient (Wildman–Crippen LogP) is 4.07. The molecule has 5 rings (SSSR count). The summed E-state index contributed by atoms with van der Waals surface area (Å²) in [6, 6.07) is 23.8. The van der Waals surface area contributed by atoms with Crippen LogP contribution in [0, 0.1) is 5.92 Å². The number of nitrogens with zero attached hydrogens (tertiary/aromatic N) is 3. The van der Waals surface area contributed by atoms with E-state index in [0.717, 1.165) is 9.37 Å². The number of hydrogen-bond donors (Lipinski definition) is 0. The third-order valence-corrected chi connectivity index (χ3v) is 5.95. The second kappa shape index (κ2) is 7.59. The summed E-state index contributed by atoms with van der Waals surface area (Å²) in [5.41, 5.74) is 1.62. The van der Waals surface area contributed by atoms with Gasteiger partial charge in [0.25, 0.3) is 5.91 Å². The summed E-state index contributed by atoms with van der Waals surface area (Å²) in [5.74, 6) is -2.16. The van der Waals surface area contributed by atoms with Gasteiger partial charge in [-0.15, -0.1) is 0 Å². The van der Waals surface area contributed by atoms with Gasteiger partial charge in [-0.05, 0) is 36.4 Å². The lowest BCUT2D eigenvalue weighted by molar-refractivity contribution is -0.121. The van der Waals surface area contributed by atoms with E-state index in [4.69, 9.17) is 0 Å². The van der Waals surface area contributed by atoms with Crippen LogP contribution in [0.2, 0.25) is 0 Å². The van der Waals surface area contributed by atoms with Crippen LogP contribution in [0.25, 0.3) is 0 Å². The van der Waals surface area contributed by atoms with Crippen molar-refractivity contribution in [3.63, 3.8) is 0 Å². The molecule has 0 N–H and O–H groups in total. The lowest BCUT2D eigenvalue weighted by Crippen LogP contribution is -2.39. The maximum atomic E-state index is 13.4. The number of rotatable bonds is 4. The first kappa shape index (κ1) is 19.4. The van der Waals surface area contributed by atoms with E-state index in [1.54, 1.807) is 60.7 Å². The zero-order valence-electron chi connectivity index (χ0n) is 16.2. The Kier molecular flexibility index (Phi) is 4.75. The molecule has 0 radical (unpaired) electrons. The summed E-state index contributed by atoms with van der Waals surface area (Å²) >= 11 is 3.40. The summed E-state index contributed by atoms with van der Waals surface area (Å²) in [4.78, 5) is 41.3. The van der Waals surface area contributed by atoms with E-state index in [1.165, 1.54) is 5.01 Å². The molecule has 2 heterocycles. The monoisotopic (exact) mass is 473 g/mol. The van der Waals surface area contributed by atoms with Crippen LogP contribution in [0.5, 0.6) is 0 Å². The molecular weight excluding hydrogens is 458 g/mol. The van der Waals surface area contributed by atoms with Crippen LogP contribution in [0.4, 0.5) is 11.4 Å². The van der Waals surface area contributed by atoms with Crippen LogP contribution < -0.4 is 9.91 Å². The fourth-order valence-corrected chi connectivity index (χ4v) is 4.24. The molecule has 3 aromatic rings. The van der Waals surface area contributed by atoms with Crippen LogP contribution in [0.3, 0.4) is 0 Å². The van der Waals surface area contributed by atoms with Crippen molar-refractivity contribution in [1.29, 1.82) is 0 Å². The van der Waals surface area contributed by atoms with Crippen molar-refractivity contribution in [3.05, 3.63) is 95.0 Å². The van der Waals surface area contributed by atoms with E-state index in [2.05, 4.69) is 21.0 Å². The molecule has 0 aliphatic carbocycles. The molecule has 31 heavy (non-hydrogen) atoms. The van der Waals surface area contributed by atoms with Gasteiger partial charge in [-0.2, -0.15) is 5.10 Å². The first-order valence-electron chi connectivity index (χ1n) is 9.72. The number of anilines is 2. The molecule has 1 fully saturated rings. The van der Waals surface area contributed by atoms with E-state index in [1.807, 2.05) is 24.3 Å². The zero-order valence-corrected chi connectivity index (χ0v) is 17.8. The number of Topliss-reactive ketones (excluding diaryl/α,β-unsaturated/α-hetero) is 1. The van der Waals surface area contributed by atoms with Crippen molar-refractivity contribution >= 4 is 50.6 Å². The number of fused-ring (bicyclic) bond motifs is 1. The van der Waals surface area contributed by atoms with Crippen molar-refractivity contribution < 1.29 is 14.4 Å². The van der Waals surface area contributed by atoms with Gasteiger partial charge in [-0.1, -0.05) is 64.5 Å². The van der Waals surface area contributed by atoms with Gasteiger partial charge in [0.15, 0.2) is 0 Å². The Morgan fingerprint density at radius 2 is 1.39 bits per heavy atom. The standard InChI is InChI=1S/C24H16BrN3O3/c25-16-11-13-18(14-12-16)28-21-19(20(26-28)22(29)15-7-3-1-4-8-15)23(30)27(24(21)31)17-9-5-2-6-10-17/h1-14,19,21H/t19-,21+/m1/s1. The normalized spacial score (nSPS) is 20.1. The Morgan fingerprint density at radius 1 is 0.774 bits per heavy atom. The van der Waals surface area contributed by atoms with Gasteiger partial charge in [-0.3, -0.25) is 19.4 Å². The summed E-state index contributed by atoms with van der Waals surface area (Å²) in [6.07, 6.45) is 0. The Morgan fingerprint density at radius 3 is 2.03 bits per heavy atom. The minimum atomic E-state index is -0.968. The average molecular weight is 474 g/mol. The molecule has 0 bridgehead atoms. The summed E-state index contributed by atoms with van der Waals surface area (Å²) in [5, 5.41) is 5.99. The second-order valence-corrected chi connectivity index (χ2v) is 8.19. The number of carbonyl (C=O) groups is 3. The molecule has 0 saturated carbocycles. The van der Waals surface area contributed by atoms with Gasteiger partial charge >= 0.3 is 0 Å². The number of halogens is 1. The number of hydrazone groups is 1. The van der Waals surface area contributed by atoms with E-state index in [0.29, 0.717) is 16.9 Å². The predicted molar refractivity (Wildman–Crippen MR) is 121 cm³/mol. The van der Waals surface area contributed by atoms with Gasteiger partial charge in [0.1, 0.15) is 17.7 Å². The quantitative estimate of drug-likeness (QED) is 0.423. The Bertz CT molecular complexity index is 1210. The summed E-state index contributed by atoms with van der Waals surface area (Å²) in [7, 11) is 0. The van der Waals surface area contributed by atoms with Crippen LogP contribution in [0.15, 0.2) is 94.5 Å². The van der Waals surface area contributed by atoms with Gasteiger partial charge in [-0.25, -0.2) is 4.90 Å². The zero-order chi connectivity index (χ0) is 21.5. The molecule has 152 valence electrons. The van der Waals surface area contributed by atoms with Gasteiger partial charge < -0.3 is 0 Å². The van der Waals surface area contributed by atoms with Gasteiger partial charge in [0.2, 0.25) is 11.7 Å². The smallest absolute Gasteiger partial charge is 0.259 e. The topological polar surface area (TPSA) is 70.1 Å². The fraction of sp³-hybridized carbons (Fsp3) is 0.0833. The number of carbonyl (C=O) groups excluding carboxylic acids is 3. The average Bonchev–Trinajstić information content (AvgIpc) is 3.32. The Labute approximate surface area is 186 Å². The van der Waals surface area contributed by atoms with E-state index in [9.17, 15) is 14.4 Å². The molecule has 3 aromatic carbocycles. The number of para-hydroxylation sites is 1. The Hall–Kier alpha value is -3.58. The molecule has 0 aromatic heterocycles. The maximum Gasteiger partial charge on any atom is 0.259 e. The number of amides is 2. The molecule has 2 aliphatic heterocycles. The number of benzene rings is 3. The van der Waals surface area contributed by atoms with Crippen molar-refractivity contribution in [3.8, 4) is 0 Å². The van der Waals surface area contributed by atoms with E-state index < -0.39 is 23.8 Å². The molecule has 1 saturated heterocycles. The van der Waals surface area contributed by atoms with Crippen molar-refractivity contribution in [2.24, 2.45) is 11.0 Å². The lowest BCUT2D eigenvalue weighted by Gasteiger charge is -2.22. The van der Waals surface area contributed by atoms with E-state index >= 15 is 0 Å². The highest BCUT2D eigenvalue weighted by Crippen LogP contribution is 2.38. The van der Waals surface area contributed by atoms with E-state index in [-0.39, 0.29) is 11.5 Å². The van der Waals surface area contributed by atoms with Crippen molar-refractivity contribution in [2.75, 3.05) is 9.91 Å². The highest BCUT2D eigenvalue weighted by atomic mass is 79.9. The molecule has 2 aliphatic rings. The third kappa shape index (κ3) is 3.18. The second-order valence-electron chi connectivity index (χ2n) is 7.27. The SMILES string of the molecule is O=C(C1=NN(c2ccc(Br)cc2)[C@@H]2C(=O)N(c3ccccc3)C(=O)[C@H]12)c1ccccc1. The Balaban J connectivity index is 1.62. The minimum Gasteiger partial charge on any atom is -0.287 e. The maximum absolute atomic E-state index is 13.4. The van der Waals surface area contributed by atoms with Crippen LogP contribution >= 0.6 is 15.9 Å². The van der Waals surface area contributed by atoms with Crippen LogP contribution in [0.1, 0.15) is 10.4 Å². The minimum absolute atomic E-state index is 0.0795. The largest absolute Gasteiger partial charge is 0.287 e. The number of imide groups is 1. The molecule has 0 unspecified atom stereocenters. The molecule has 7 heteroatoms. The molecule has 2 amide bonds. The van der Waals surface area contributed by atoms with Gasteiger partial charge in [0.05, 0.1) is 11.4 Å². The number of ketones is 1. The first-order chi connectivity index (χ1) is 15.1. The van der Waals surface area contributed by atoms with Crippen molar-refractivity contribution in [1.82, 2.24) is 0 Å². The summed E-state index contributed by atoms with van der Waals surface area (Å²) in [6.45, 7) is 0. The molecule has 6 nitrogen and oxygen atoms in total. The van der Waals surface area contributed by atoms with Crippen LogP contribution in [-0.4, -0.2) is 29.4 Å². The van der Waals surface area contributed by atoms with Crippen molar-refractivity contribution in [2.45, 2.75) is 6.04 Å². The molecule has 2 atom stereocenters. The summed E-state index contributed by atoms with van der Waals surface area (Å²) < 4.78 is 0.872. The van der Waals surface area contributed by atoms with Crippen LogP contribution in [-0.2, 0) is 9.59 Å². The highest BCUT2D eigenvalue weighted by molar-refractivity contribution is 9.10. The fourth-order valence-electron chi connectivity index (χ4n) is 3.98. The molecular formula is C24H16BrN3O3. The third-order valence-electron chi connectivity index (χ3n) is 5.42. The first-order valence-corrected chi connectivity index (χ1v) is 10.5. The number of hydrogen-bond acceptors (Lipinski definition) is 5.